The minimum absolute atomic E-state index is 0. The largest absolute Gasteiger partial charge is 0.416 e. The number of rotatable bonds is 6. The Morgan fingerprint density at radius 2 is 2.08 bits per heavy atom. The van der Waals surface area contributed by atoms with Crippen LogP contribution >= 0.6 is 12.4 Å². The van der Waals surface area contributed by atoms with Crippen LogP contribution < -0.4 is 10.6 Å². The fourth-order valence-electron chi connectivity index (χ4n) is 2.00. The molecular weight excluding hydrogens is 345 g/mol. The molecule has 132 valence electrons. The van der Waals surface area contributed by atoms with Crippen molar-refractivity contribution in [3.8, 4) is 5.69 Å². The molecule has 1 aromatic heterocycles. The zero-order valence-corrected chi connectivity index (χ0v) is 13.7. The maximum atomic E-state index is 12.7. The summed E-state index contributed by atoms with van der Waals surface area (Å²) in [6.45, 7) is 0.733. The Labute approximate surface area is 143 Å². The summed E-state index contributed by atoms with van der Waals surface area (Å²) < 4.78 is 39.4. The summed E-state index contributed by atoms with van der Waals surface area (Å²) in [5, 5.41) is 9.59. The Balaban J connectivity index is 0.00000288. The van der Waals surface area contributed by atoms with Crippen LogP contribution in [-0.4, -0.2) is 29.3 Å². The third-order valence-corrected chi connectivity index (χ3v) is 3.13. The minimum atomic E-state index is -4.41. The molecule has 0 aliphatic heterocycles. The highest BCUT2D eigenvalue weighted by atomic mass is 35.5. The predicted octanol–water partition coefficient (Wildman–Crippen LogP) is 3.25. The van der Waals surface area contributed by atoms with E-state index in [1.54, 1.807) is 7.05 Å². The first-order chi connectivity index (χ1) is 10.9. The number of nitrogens with one attached hydrogen (secondary N) is 2. The first-order valence-corrected chi connectivity index (χ1v) is 7.07. The van der Waals surface area contributed by atoms with Gasteiger partial charge in [0.2, 0.25) is 5.91 Å². The van der Waals surface area contributed by atoms with Crippen molar-refractivity contribution < 1.29 is 18.0 Å². The molecule has 1 heterocycles. The number of halogens is 4. The van der Waals surface area contributed by atoms with E-state index in [9.17, 15) is 18.0 Å². The summed E-state index contributed by atoms with van der Waals surface area (Å²) in [6, 6.07) is 4.83. The third kappa shape index (κ3) is 5.54. The monoisotopic (exact) mass is 362 g/mol. The third-order valence-electron chi connectivity index (χ3n) is 3.13. The van der Waals surface area contributed by atoms with Crippen LogP contribution in [0.3, 0.4) is 0 Å². The van der Waals surface area contributed by atoms with Crippen LogP contribution in [0.25, 0.3) is 5.69 Å². The number of hydrogen-bond acceptors (Lipinski definition) is 3. The molecule has 0 fully saturated rings. The maximum Gasteiger partial charge on any atom is 0.416 e. The van der Waals surface area contributed by atoms with E-state index in [0.717, 1.165) is 18.7 Å². The molecule has 2 rings (SSSR count). The molecule has 0 aliphatic carbocycles. The smallest absolute Gasteiger partial charge is 0.323 e. The number of aromatic nitrogens is 2. The zero-order valence-electron chi connectivity index (χ0n) is 12.9. The number of benzene rings is 1. The normalized spacial score (nSPS) is 11.0. The molecule has 24 heavy (non-hydrogen) atoms. The lowest BCUT2D eigenvalue weighted by molar-refractivity contribution is -0.137. The molecule has 5 nitrogen and oxygen atoms in total. The Morgan fingerprint density at radius 1 is 1.33 bits per heavy atom. The van der Waals surface area contributed by atoms with Crippen LogP contribution in [0.1, 0.15) is 18.4 Å². The van der Waals surface area contributed by atoms with Crippen LogP contribution in [0, 0.1) is 0 Å². The van der Waals surface area contributed by atoms with E-state index in [1.165, 1.54) is 29.2 Å². The number of nitrogens with zero attached hydrogens (tertiary/aromatic N) is 2. The number of alkyl halides is 3. The van der Waals surface area contributed by atoms with Gasteiger partial charge in [0.1, 0.15) is 0 Å². The molecule has 0 bridgehead atoms. The van der Waals surface area contributed by atoms with Crippen molar-refractivity contribution in [2.45, 2.75) is 19.0 Å². The molecule has 0 unspecified atom stereocenters. The fraction of sp³-hybridized carbons (Fsp3) is 0.333. The first-order valence-electron chi connectivity index (χ1n) is 7.07. The van der Waals surface area contributed by atoms with Crippen molar-refractivity contribution in [3.05, 3.63) is 42.2 Å². The molecule has 1 aromatic carbocycles. The van der Waals surface area contributed by atoms with E-state index >= 15 is 0 Å². The van der Waals surface area contributed by atoms with Crippen molar-refractivity contribution in [3.63, 3.8) is 0 Å². The molecule has 0 radical (unpaired) electrons. The van der Waals surface area contributed by atoms with Gasteiger partial charge in [-0.1, -0.05) is 6.07 Å². The molecule has 0 saturated heterocycles. The van der Waals surface area contributed by atoms with Gasteiger partial charge in [-0.25, -0.2) is 4.68 Å². The summed E-state index contributed by atoms with van der Waals surface area (Å²) >= 11 is 0. The highest BCUT2D eigenvalue weighted by Crippen LogP contribution is 2.30. The van der Waals surface area contributed by atoms with E-state index < -0.39 is 11.7 Å². The van der Waals surface area contributed by atoms with Gasteiger partial charge >= 0.3 is 6.18 Å². The van der Waals surface area contributed by atoms with Crippen molar-refractivity contribution in [1.29, 1.82) is 0 Å². The fourth-order valence-corrected chi connectivity index (χ4v) is 2.00. The van der Waals surface area contributed by atoms with Crippen molar-refractivity contribution >= 4 is 24.0 Å². The lowest BCUT2D eigenvalue weighted by atomic mass is 10.2. The number of carbonyl (C=O) groups is 1. The molecular formula is C15H18ClF3N4O. The number of amides is 1. The van der Waals surface area contributed by atoms with E-state index in [2.05, 4.69) is 15.7 Å². The van der Waals surface area contributed by atoms with E-state index in [0.29, 0.717) is 18.5 Å². The van der Waals surface area contributed by atoms with Gasteiger partial charge in [-0.05, 0) is 38.2 Å². The van der Waals surface area contributed by atoms with Crippen molar-refractivity contribution in [1.82, 2.24) is 15.1 Å². The minimum Gasteiger partial charge on any atom is -0.323 e. The van der Waals surface area contributed by atoms with Crippen LogP contribution in [0.2, 0.25) is 0 Å². The number of carbonyl (C=O) groups excluding carboxylic acids is 1. The summed E-state index contributed by atoms with van der Waals surface area (Å²) in [5.41, 5.74) is -0.0319. The van der Waals surface area contributed by atoms with Crippen LogP contribution in [0.4, 0.5) is 18.9 Å². The summed E-state index contributed by atoms with van der Waals surface area (Å²) in [5.74, 6) is -0.163. The van der Waals surface area contributed by atoms with Crippen LogP contribution in [0.15, 0.2) is 36.7 Å². The lowest BCUT2D eigenvalue weighted by Crippen LogP contribution is -2.14. The topological polar surface area (TPSA) is 59.0 Å². The van der Waals surface area contributed by atoms with Gasteiger partial charge in [-0.3, -0.25) is 4.79 Å². The van der Waals surface area contributed by atoms with E-state index in [4.69, 9.17) is 0 Å². The highest BCUT2D eigenvalue weighted by molar-refractivity contribution is 5.90. The van der Waals surface area contributed by atoms with Gasteiger partial charge in [0.25, 0.3) is 0 Å². The molecule has 1 amide bonds. The Morgan fingerprint density at radius 3 is 2.75 bits per heavy atom. The second-order valence-electron chi connectivity index (χ2n) is 4.98. The Kier molecular flexibility index (Phi) is 7.24. The van der Waals surface area contributed by atoms with Crippen molar-refractivity contribution in [2.75, 3.05) is 18.9 Å². The summed E-state index contributed by atoms with van der Waals surface area (Å²) in [7, 11) is 1.80. The Hall–Kier alpha value is -2.06. The molecule has 0 saturated carbocycles. The number of hydrogen-bond donors (Lipinski definition) is 2. The quantitative estimate of drug-likeness (QED) is 0.775. The van der Waals surface area contributed by atoms with E-state index in [-0.39, 0.29) is 24.0 Å². The SMILES string of the molecule is CNCCCC(=O)Nc1cnn(-c2cccc(C(F)(F)F)c2)c1.Cl. The molecule has 0 aliphatic rings. The van der Waals surface area contributed by atoms with E-state index in [1.807, 2.05) is 0 Å². The molecule has 2 N–H and O–H groups in total. The van der Waals surface area contributed by atoms with Gasteiger partial charge in [0.05, 0.1) is 29.3 Å². The molecule has 2 aromatic rings. The zero-order chi connectivity index (χ0) is 16.9. The van der Waals surface area contributed by atoms with Gasteiger partial charge in [-0.15, -0.1) is 12.4 Å². The van der Waals surface area contributed by atoms with Gasteiger partial charge in [0.15, 0.2) is 0 Å². The van der Waals surface area contributed by atoms with Gasteiger partial charge < -0.3 is 10.6 Å². The lowest BCUT2D eigenvalue weighted by Gasteiger charge is -2.08. The van der Waals surface area contributed by atoms with Gasteiger partial charge in [0, 0.05) is 6.42 Å². The molecule has 0 atom stereocenters. The second kappa shape index (κ2) is 8.70. The Bertz CT molecular complexity index is 673. The summed E-state index contributed by atoms with van der Waals surface area (Å²) in [6.07, 6.45) is -0.477. The maximum absolute atomic E-state index is 12.7. The van der Waals surface area contributed by atoms with Crippen LogP contribution in [0.5, 0.6) is 0 Å². The van der Waals surface area contributed by atoms with Gasteiger partial charge in [-0.2, -0.15) is 18.3 Å². The molecule has 0 spiro atoms. The van der Waals surface area contributed by atoms with Crippen molar-refractivity contribution in [2.24, 2.45) is 0 Å². The summed E-state index contributed by atoms with van der Waals surface area (Å²) in [4.78, 5) is 11.7. The first kappa shape index (κ1) is 20.0. The predicted molar refractivity (Wildman–Crippen MR) is 87.6 cm³/mol. The molecule has 9 heteroatoms. The second-order valence-corrected chi connectivity index (χ2v) is 4.98. The average molecular weight is 363 g/mol. The average Bonchev–Trinajstić information content (AvgIpc) is 2.95. The van der Waals surface area contributed by atoms with Crippen LogP contribution in [-0.2, 0) is 11.0 Å². The highest BCUT2D eigenvalue weighted by Gasteiger charge is 2.30. The standard InChI is InChI=1S/C15H17F3N4O.ClH/c1-19-7-3-6-14(23)21-12-9-20-22(10-12)13-5-2-4-11(8-13)15(16,17)18;/h2,4-5,8-10,19H,3,6-7H2,1H3,(H,21,23);1H. The number of anilines is 1.